The molecule has 0 aliphatic carbocycles. The van der Waals surface area contributed by atoms with Gasteiger partial charge >= 0.3 is 0 Å². The van der Waals surface area contributed by atoms with Crippen LogP contribution in [0.5, 0.6) is 0 Å². The molecular formula is C14H10BrFN2. The van der Waals surface area contributed by atoms with Crippen LogP contribution in [0.3, 0.4) is 0 Å². The summed E-state index contributed by atoms with van der Waals surface area (Å²) in [6, 6.07) is 10.5. The van der Waals surface area contributed by atoms with Crippen LogP contribution in [0.2, 0.25) is 0 Å². The topological polar surface area (TPSA) is 17.3 Å². The normalized spacial score (nSPS) is 11.0. The van der Waals surface area contributed by atoms with Gasteiger partial charge in [-0.05, 0) is 45.8 Å². The van der Waals surface area contributed by atoms with Gasteiger partial charge in [0.2, 0.25) is 0 Å². The molecule has 1 aromatic carbocycles. The summed E-state index contributed by atoms with van der Waals surface area (Å²) in [5.74, 6) is 0.687. The third kappa shape index (κ3) is 2.04. The largest absolute Gasteiger partial charge is 0.302 e. The molecule has 3 aromatic rings. The van der Waals surface area contributed by atoms with Crippen LogP contribution in [-0.4, -0.2) is 9.38 Å². The van der Waals surface area contributed by atoms with Crippen LogP contribution in [0.25, 0.3) is 5.52 Å². The molecule has 0 bridgehead atoms. The molecule has 0 unspecified atom stereocenters. The molecule has 4 heteroatoms. The van der Waals surface area contributed by atoms with E-state index in [2.05, 4.69) is 20.9 Å². The quantitative estimate of drug-likeness (QED) is 0.703. The van der Waals surface area contributed by atoms with Crippen molar-refractivity contribution in [1.29, 1.82) is 0 Å². The standard InChI is InChI=1S/C14H10BrFN2/c15-12-5-2-6-18-13(12)9-17-14(18)8-10-3-1-4-11(16)7-10/h1-7,9H,8H2. The Hall–Kier alpha value is -1.68. The Morgan fingerprint density at radius 1 is 1.22 bits per heavy atom. The highest BCUT2D eigenvalue weighted by Gasteiger charge is 2.06. The Morgan fingerprint density at radius 3 is 2.94 bits per heavy atom. The summed E-state index contributed by atoms with van der Waals surface area (Å²) in [6.45, 7) is 0. The van der Waals surface area contributed by atoms with Crippen molar-refractivity contribution in [2.45, 2.75) is 6.42 Å². The van der Waals surface area contributed by atoms with Gasteiger partial charge in [-0.2, -0.15) is 0 Å². The molecule has 2 nitrogen and oxygen atoms in total. The zero-order chi connectivity index (χ0) is 12.5. The molecule has 0 saturated carbocycles. The summed E-state index contributed by atoms with van der Waals surface area (Å²) < 4.78 is 16.2. The third-order valence-electron chi connectivity index (χ3n) is 2.85. The fraction of sp³-hybridized carbons (Fsp3) is 0.0714. The zero-order valence-corrected chi connectivity index (χ0v) is 11.1. The van der Waals surface area contributed by atoms with Gasteiger partial charge < -0.3 is 4.40 Å². The van der Waals surface area contributed by atoms with E-state index in [-0.39, 0.29) is 5.82 Å². The Kier molecular flexibility index (Phi) is 2.88. The smallest absolute Gasteiger partial charge is 0.123 e. The first-order valence-electron chi connectivity index (χ1n) is 5.59. The highest BCUT2D eigenvalue weighted by molar-refractivity contribution is 9.10. The minimum Gasteiger partial charge on any atom is -0.302 e. The molecule has 0 atom stereocenters. The Bertz CT molecular complexity index is 706. The molecule has 0 amide bonds. The number of pyridine rings is 1. The molecule has 2 heterocycles. The summed E-state index contributed by atoms with van der Waals surface area (Å²) >= 11 is 3.49. The number of rotatable bonds is 2. The van der Waals surface area contributed by atoms with E-state index >= 15 is 0 Å². The highest BCUT2D eigenvalue weighted by Crippen LogP contribution is 2.20. The fourth-order valence-electron chi connectivity index (χ4n) is 2.00. The summed E-state index contributed by atoms with van der Waals surface area (Å²) in [4.78, 5) is 4.39. The molecule has 18 heavy (non-hydrogen) atoms. The summed E-state index contributed by atoms with van der Waals surface area (Å²) in [5.41, 5.74) is 1.94. The van der Waals surface area contributed by atoms with Crippen molar-refractivity contribution in [2.75, 3.05) is 0 Å². The predicted octanol–water partition coefficient (Wildman–Crippen LogP) is 3.83. The number of fused-ring (bicyclic) bond motifs is 1. The van der Waals surface area contributed by atoms with Crippen LogP contribution in [0.1, 0.15) is 11.4 Å². The molecule has 0 aliphatic heterocycles. The van der Waals surface area contributed by atoms with Crippen molar-refractivity contribution in [3.8, 4) is 0 Å². The van der Waals surface area contributed by atoms with E-state index in [0.29, 0.717) is 6.42 Å². The first-order valence-corrected chi connectivity index (χ1v) is 6.38. The SMILES string of the molecule is Fc1cccc(Cc2ncc3c(Br)cccn23)c1. The van der Waals surface area contributed by atoms with Gasteiger partial charge in [-0.15, -0.1) is 0 Å². The second-order valence-electron chi connectivity index (χ2n) is 4.09. The molecule has 0 aliphatic rings. The maximum absolute atomic E-state index is 13.1. The fourth-order valence-corrected chi connectivity index (χ4v) is 2.45. The lowest BCUT2D eigenvalue weighted by Crippen LogP contribution is -1.96. The van der Waals surface area contributed by atoms with E-state index in [0.717, 1.165) is 21.4 Å². The number of halogens is 2. The lowest BCUT2D eigenvalue weighted by molar-refractivity contribution is 0.625. The van der Waals surface area contributed by atoms with E-state index < -0.39 is 0 Å². The van der Waals surface area contributed by atoms with Crippen molar-refractivity contribution in [3.63, 3.8) is 0 Å². The van der Waals surface area contributed by atoms with Crippen LogP contribution < -0.4 is 0 Å². The van der Waals surface area contributed by atoms with Gasteiger partial charge in [0.05, 0.1) is 11.7 Å². The van der Waals surface area contributed by atoms with Gasteiger partial charge in [0.1, 0.15) is 11.6 Å². The monoisotopic (exact) mass is 304 g/mol. The third-order valence-corrected chi connectivity index (χ3v) is 3.52. The summed E-state index contributed by atoms with van der Waals surface area (Å²) in [6.07, 6.45) is 4.39. The zero-order valence-electron chi connectivity index (χ0n) is 9.48. The Labute approximate surface area is 112 Å². The van der Waals surface area contributed by atoms with E-state index in [1.165, 1.54) is 6.07 Å². The number of aromatic nitrogens is 2. The molecule has 0 N–H and O–H groups in total. The first-order chi connectivity index (χ1) is 8.74. The van der Waals surface area contributed by atoms with Gasteiger partial charge in [0, 0.05) is 17.1 Å². The number of benzene rings is 1. The lowest BCUT2D eigenvalue weighted by Gasteiger charge is -2.02. The van der Waals surface area contributed by atoms with E-state index in [1.54, 1.807) is 12.1 Å². The van der Waals surface area contributed by atoms with Crippen molar-refractivity contribution in [3.05, 3.63) is 70.5 Å². The van der Waals surface area contributed by atoms with Gasteiger partial charge in [-0.1, -0.05) is 12.1 Å². The molecular weight excluding hydrogens is 295 g/mol. The minimum atomic E-state index is -0.213. The van der Waals surface area contributed by atoms with Crippen LogP contribution in [0.4, 0.5) is 4.39 Å². The second kappa shape index (κ2) is 4.53. The molecule has 0 saturated heterocycles. The summed E-state index contributed by atoms with van der Waals surface area (Å²) in [5, 5.41) is 0. The Morgan fingerprint density at radius 2 is 2.11 bits per heavy atom. The highest BCUT2D eigenvalue weighted by atomic mass is 79.9. The van der Waals surface area contributed by atoms with Gasteiger partial charge in [-0.25, -0.2) is 9.37 Å². The molecule has 0 fully saturated rings. The predicted molar refractivity (Wildman–Crippen MR) is 72.1 cm³/mol. The molecule has 0 radical (unpaired) electrons. The maximum atomic E-state index is 13.1. The van der Waals surface area contributed by atoms with Crippen molar-refractivity contribution in [2.24, 2.45) is 0 Å². The minimum absolute atomic E-state index is 0.213. The van der Waals surface area contributed by atoms with Crippen molar-refractivity contribution in [1.82, 2.24) is 9.38 Å². The van der Waals surface area contributed by atoms with E-state index in [1.807, 2.05) is 35.0 Å². The molecule has 90 valence electrons. The maximum Gasteiger partial charge on any atom is 0.123 e. The lowest BCUT2D eigenvalue weighted by atomic mass is 10.1. The number of hydrogen-bond acceptors (Lipinski definition) is 1. The van der Waals surface area contributed by atoms with Gasteiger partial charge in [0.25, 0.3) is 0 Å². The van der Waals surface area contributed by atoms with Gasteiger partial charge in [0.15, 0.2) is 0 Å². The number of imidazole rings is 1. The average molecular weight is 305 g/mol. The van der Waals surface area contributed by atoms with Crippen LogP contribution in [0, 0.1) is 5.82 Å². The summed E-state index contributed by atoms with van der Waals surface area (Å²) in [7, 11) is 0. The number of hydrogen-bond donors (Lipinski definition) is 0. The Balaban J connectivity index is 2.03. The first kappa shape index (κ1) is 11.4. The molecule has 0 spiro atoms. The molecule has 2 aromatic heterocycles. The number of nitrogens with zero attached hydrogens (tertiary/aromatic N) is 2. The van der Waals surface area contributed by atoms with Crippen molar-refractivity contribution >= 4 is 21.4 Å². The van der Waals surface area contributed by atoms with E-state index in [9.17, 15) is 4.39 Å². The average Bonchev–Trinajstić information content (AvgIpc) is 2.74. The molecule has 3 rings (SSSR count). The van der Waals surface area contributed by atoms with Crippen LogP contribution in [-0.2, 0) is 6.42 Å². The van der Waals surface area contributed by atoms with Crippen molar-refractivity contribution < 1.29 is 4.39 Å². The second-order valence-corrected chi connectivity index (χ2v) is 4.95. The van der Waals surface area contributed by atoms with Crippen LogP contribution >= 0.6 is 15.9 Å². The van der Waals surface area contributed by atoms with E-state index in [4.69, 9.17) is 0 Å². The van der Waals surface area contributed by atoms with Gasteiger partial charge in [-0.3, -0.25) is 0 Å². The van der Waals surface area contributed by atoms with Crippen LogP contribution in [0.15, 0.2) is 53.3 Å².